The van der Waals surface area contributed by atoms with Crippen LogP contribution in [0.4, 0.5) is 5.69 Å². The van der Waals surface area contributed by atoms with Gasteiger partial charge in [0.1, 0.15) is 0 Å². The molecule has 0 fully saturated rings. The zero-order valence-corrected chi connectivity index (χ0v) is 21.5. The zero-order valence-electron chi connectivity index (χ0n) is 21.5. The Bertz CT molecular complexity index is 1340. The van der Waals surface area contributed by atoms with Crippen molar-refractivity contribution in [2.75, 3.05) is 33.2 Å². The first kappa shape index (κ1) is 26.0. The van der Waals surface area contributed by atoms with Gasteiger partial charge in [0.2, 0.25) is 17.1 Å². The van der Waals surface area contributed by atoms with Crippen LogP contribution in [-0.2, 0) is 11.2 Å². The number of fused-ring (bicyclic) bond motifs is 3. The second kappa shape index (κ2) is 11.3. The van der Waals surface area contributed by atoms with E-state index in [4.69, 9.17) is 14.2 Å². The molecule has 1 amide bonds. The number of amides is 1. The number of carbonyl (C=O) groups is 1. The van der Waals surface area contributed by atoms with Crippen LogP contribution in [0.5, 0.6) is 17.2 Å². The lowest BCUT2D eigenvalue weighted by molar-refractivity contribution is -0.119. The van der Waals surface area contributed by atoms with E-state index in [2.05, 4.69) is 10.6 Å². The quantitative estimate of drug-likeness (QED) is 0.426. The van der Waals surface area contributed by atoms with Gasteiger partial charge >= 0.3 is 0 Å². The standard InChI is InChI=1S/C29H32N2O6/c1-17(32)31-22-12-10-19-14-26(35-2)28(36-3)29(37-4)27(19)20-11-13-23(24(33)15-21(20)22)30-16-25(34)18-8-6-5-7-9-18/h5-9,11,13-15,22,25,34H,10,12,16H2,1-4H3,(H,30,33)(H,31,32). The Morgan fingerprint density at radius 1 is 1.03 bits per heavy atom. The maximum atomic E-state index is 13.3. The molecule has 0 spiro atoms. The number of carbonyl (C=O) groups excluding carboxylic acids is 1. The molecule has 3 aromatic carbocycles. The minimum atomic E-state index is -0.784. The van der Waals surface area contributed by atoms with E-state index in [1.165, 1.54) is 6.92 Å². The van der Waals surface area contributed by atoms with Crippen molar-refractivity contribution >= 4 is 11.6 Å². The van der Waals surface area contributed by atoms with Crippen LogP contribution in [0.2, 0.25) is 0 Å². The first-order chi connectivity index (χ1) is 17.9. The predicted molar refractivity (Wildman–Crippen MR) is 143 cm³/mol. The van der Waals surface area contributed by atoms with Crippen LogP contribution in [-0.4, -0.2) is 38.9 Å². The van der Waals surface area contributed by atoms with Gasteiger partial charge in [-0.1, -0.05) is 36.4 Å². The molecule has 0 aromatic heterocycles. The number of nitrogens with one attached hydrogen (secondary N) is 2. The lowest BCUT2D eigenvalue weighted by Crippen LogP contribution is -2.26. The lowest BCUT2D eigenvalue weighted by atomic mass is 9.95. The number of aliphatic hydroxyl groups excluding tert-OH is 1. The van der Waals surface area contributed by atoms with Gasteiger partial charge in [-0.05, 0) is 53.3 Å². The summed E-state index contributed by atoms with van der Waals surface area (Å²) >= 11 is 0. The maximum absolute atomic E-state index is 13.3. The second-order valence-corrected chi connectivity index (χ2v) is 8.90. The van der Waals surface area contributed by atoms with Gasteiger partial charge in [-0.3, -0.25) is 9.59 Å². The number of ether oxygens (including phenoxy) is 3. The highest BCUT2D eigenvalue weighted by Crippen LogP contribution is 2.50. The van der Waals surface area contributed by atoms with Crippen molar-refractivity contribution < 1.29 is 24.1 Å². The van der Waals surface area contributed by atoms with Gasteiger partial charge in [-0.2, -0.15) is 0 Å². The Morgan fingerprint density at radius 3 is 2.41 bits per heavy atom. The van der Waals surface area contributed by atoms with Crippen molar-refractivity contribution in [3.8, 4) is 28.4 Å². The summed E-state index contributed by atoms with van der Waals surface area (Å²) in [5.41, 5.74) is 4.01. The van der Waals surface area contributed by atoms with Crippen LogP contribution in [0.1, 0.15) is 42.2 Å². The van der Waals surface area contributed by atoms with Crippen LogP contribution in [0.25, 0.3) is 11.1 Å². The van der Waals surface area contributed by atoms with E-state index >= 15 is 0 Å². The molecule has 0 bridgehead atoms. The molecule has 0 saturated heterocycles. The lowest BCUT2D eigenvalue weighted by Gasteiger charge is -2.19. The van der Waals surface area contributed by atoms with E-state index in [0.717, 1.165) is 22.3 Å². The fourth-order valence-corrected chi connectivity index (χ4v) is 4.85. The van der Waals surface area contributed by atoms with E-state index < -0.39 is 6.10 Å². The van der Waals surface area contributed by atoms with Crippen molar-refractivity contribution in [2.24, 2.45) is 0 Å². The number of aryl methyl sites for hydroxylation is 1. The topological polar surface area (TPSA) is 106 Å². The van der Waals surface area contributed by atoms with Crippen LogP contribution < -0.4 is 30.3 Å². The molecule has 37 heavy (non-hydrogen) atoms. The molecule has 0 aliphatic heterocycles. The molecular weight excluding hydrogens is 472 g/mol. The molecular formula is C29H32N2O6. The van der Waals surface area contributed by atoms with E-state index in [1.54, 1.807) is 33.5 Å². The molecule has 4 rings (SSSR count). The summed E-state index contributed by atoms with van der Waals surface area (Å²) < 4.78 is 17.0. The Balaban J connectivity index is 1.85. The highest BCUT2D eigenvalue weighted by atomic mass is 16.5. The predicted octanol–water partition coefficient (Wildman–Crippen LogP) is 4.01. The fraction of sp³-hybridized carbons (Fsp3) is 0.310. The average molecular weight is 505 g/mol. The molecule has 0 saturated carbocycles. The molecule has 8 heteroatoms. The Labute approximate surface area is 216 Å². The molecule has 1 aliphatic carbocycles. The molecule has 3 N–H and O–H groups in total. The number of methoxy groups -OCH3 is 3. The average Bonchev–Trinajstić information content (AvgIpc) is 3.15. The Morgan fingerprint density at radius 2 is 1.76 bits per heavy atom. The molecule has 2 unspecified atom stereocenters. The zero-order chi connectivity index (χ0) is 26.5. The highest BCUT2D eigenvalue weighted by molar-refractivity contribution is 5.83. The first-order valence-electron chi connectivity index (χ1n) is 12.1. The molecule has 0 radical (unpaired) electrons. The summed E-state index contributed by atoms with van der Waals surface area (Å²) in [6.07, 6.45) is 0.420. The van der Waals surface area contributed by atoms with Gasteiger partial charge < -0.3 is 30.0 Å². The van der Waals surface area contributed by atoms with Crippen LogP contribution in [0, 0.1) is 0 Å². The summed E-state index contributed by atoms with van der Waals surface area (Å²) in [6.45, 7) is 1.62. The number of aliphatic hydroxyl groups is 1. The number of anilines is 1. The van der Waals surface area contributed by atoms with Crippen molar-refractivity contribution in [3.63, 3.8) is 0 Å². The largest absolute Gasteiger partial charge is 0.493 e. The van der Waals surface area contributed by atoms with Crippen molar-refractivity contribution in [2.45, 2.75) is 31.9 Å². The summed E-state index contributed by atoms with van der Waals surface area (Å²) in [7, 11) is 4.68. The van der Waals surface area contributed by atoms with Crippen molar-refractivity contribution in [1.29, 1.82) is 0 Å². The van der Waals surface area contributed by atoms with Gasteiger partial charge in [-0.15, -0.1) is 0 Å². The molecule has 3 aromatic rings. The van der Waals surface area contributed by atoms with Crippen LogP contribution in [0.15, 0.2) is 59.4 Å². The number of rotatable bonds is 8. The number of hydrogen-bond acceptors (Lipinski definition) is 7. The first-order valence-corrected chi connectivity index (χ1v) is 12.1. The Kier molecular flexibility index (Phi) is 7.98. The van der Waals surface area contributed by atoms with Crippen LogP contribution in [0.3, 0.4) is 0 Å². The van der Waals surface area contributed by atoms with Gasteiger partial charge in [0.05, 0.1) is 39.2 Å². The summed E-state index contributed by atoms with van der Waals surface area (Å²) in [5.74, 6) is 1.30. The van der Waals surface area contributed by atoms with Gasteiger partial charge in [0.25, 0.3) is 0 Å². The molecule has 1 aliphatic rings. The number of benzene rings is 2. The second-order valence-electron chi connectivity index (χ2n) is 8.90. The van der Waals surface area contributed by atoms with Crippen LogP contribution >= 0.6 is 0 Å². The number of hydrogen-bond donors (Lipinski definition) is 3. The minimum Gasteiger partial charge on any atom is -0.493 e. The fourth-order valence-electron chi connectivity index (χ4n) is 4.85. The highest BCUT2D eigenvalue weighted by Gasteiger charge is 2.29. The third-order valence-electron chi connectivity index (χ3n) is 6.59. The third kappa shape index (κ3) is 5.39. The minimum absolute atomic E-state index is 0.161. The monoisotopic (exact) mass is 504 g/mol. The summed E-state index contributed by atoms with van der Waals surface area (Å²) in [4.78, 5) is 25.4. The maximum Gasteiger partial charge on any atom is 0.217 e. The van der Waals surface area contributed by atoms with E-state index in [9.17, 15) is 14.7 Å². The third-order valence-corrected chi connectivity index (χ3v) is 6.59. The van der Waals surface area contributed by atoms with Gasteiger partial charge in [0.15, 0.2) is 11.5 Å². The smallest absolute Gasteiger partial charge is 0.217 e. The van der Waals surface area contributed by atoms with E-state index in [1.807, 2.05) is 42.5 Å². The molecule has 0 heterocycles. The SMILES string of the molecule is COc1cc2c(c(OC)c1OC)-c1ccc(NCC(O)c3ccccc3)c(=O)cc1C(NC(C)=O)CC2. The Hall–Kier alpha value is -4.04. The molecule has 8 nitrogen and oxygen atoms in total. The summed E-state index contributed by atoms with van der Waals surface area (Å²) in [6, 6.07) is 15.9. The van der Waals surface area contributed by atoms with E-state index in [-0.39, 0.29) is 23.9 Å². The summed E-state index contributed by atoms with van der Waals surface area (Å²) in [5, 5.41) is 16.7. The van der Waals surface area contributed by atoms with Crippen molar-refractivity contribution in [1.82, 2.24) is 5.32 Å². The van der Waals surface area contributed by atoms with Gasteiger partial charge in [-0.25, -0.2) is 0 Å². The molecule has 194 valence electrons. The normalized spacial score (nSPS) is 14.9. The van der Waals surface area contributed by atoms with E-state index in [0.29, 0.717) is 41.3 Å². The molecule has 2 atom stereocenters. The van der Waals surface area contributed by atoms with Crippen molar-refractivity contribution in [3.05, 3.63) is 81.5 Å². The van der Waals surface area contributed by atoms with Gasteiger partial charge in [0, 0.05) is 19.0 Å².